The number of aromatic nitrogens is 3. The molecule has 0 spiro atoms. The molecule has 1 saturated heterocycles. The molecule has 1 fully saturated rings. The molecule has 0 atom stereocenters. The molecule has 2 aromatic carbocycles. The van der Waals surface area contributed by atoms with E-state index in [1.54, 1.807) is 23.1 Å². The first-order valence-corrected chi connectivity index (χ1v) is 12.3. The highest BCUT2D eigenvalue weighted by Crippen LogP contribution is 2.39. The molecule has 3 heterocycles. The maximum absolute atomic E-state index is 14.2. The van der Waals surface area contributed by atoms with Crippen molar-refractivity contribution in [3.63, 3.8) is 0 Å². The number of phenols is 1. The molecular formula is C28H24F4N6O2. The van der Waals surface area contributed by atoms with Gasteiger partial charge in [-0.1, -0.05) is 18.2 Å². The number of rotatable bonds is 7. The molecule has 0 amide bonds. The minimum atomic E-state index is -4.58. The monoisotopic (exact) mass is 552 g/mol. The van der Waals surface area contributed by atoms with Crippen LogP contribution in [-0.2, 0) is 17.5 Å². The minimum absolute atomic E-state index is 0.00457. The quantitative estimate of drug-likeness (QED) is 0.228. The van der Waals surface area contributed by atoms with Crippen LogP contribution in [0.3, 0.4) is 0 Å². The van der Waals surface area contributed by atoms with Gasteiger partial charge in [-0.3, -0.25) is 9.98 Å². The van der Waals surface area contributed by atoms with Crippen LogP contribution in [-0.4, -0.2) is 52.6 Å². The molecule has 206 valence electrons. The molecule has 40 heavy (non-hydrogen) atoms. The van der Waals surface area contributed by atoms with Gasteiger partial charge in [0.15, 0.2) is 17.5 Å². The summed E-state index contributed by atoms with van der Waals surface area (Å²) in [4.78, 5) is 18.7. The van der Waals surface area contributed by atoms with Crippen LogP contribution in [0.15, 0.2) is 72.0 Å². The van der Waals surface area contributed by atoms with Gasteiger partial charge in [-0.25, -0.2) is 14.4 Å². The standard InChI is InChI=1S/C28H24F4N6O2/c29-25-16-35-26(37-27(25)38-9-11-40-12-10-38)17-33-14-20-3-4-21(15-34-20)36-19-5-8-23(24(13-19)28(30,31)32)18-1-6-22(39)7-2-18/h1-8,13-16,36,39H,9-12,17H2. The lowest BCUT2D eigenvalue weighted by atomic mass is 9.98. The molecule has 0 saturated carbocycles. The first-order valence-electron chi connectivity index (χ1n) is 12.3. The SMILES string of the molecule is Oc1ccc(-c2ccc(Nc3ccc(C=NCc4ncc(F)c(N5CCOCC5)n4)nc3)cc2C(F)(F)F)cc1. The number of ether oxygens (including phenoxy) is 1. The van der Waals surface area contributed by atoms with Crippen molar-refractivity contribution < 1.29 is 27.4 Å². The lowest BCUT2D eigenvalue weighted by molar-refractivity contribution is -0.137. The van der Waals surface area contributed by atoms with Crippen LogP contribution in [0.2, 0.25) is 0 Å². The van der Waals surface area contributed by atoms with Crippen molar-refractivity contribution in [2.24, 2.45) is 4.99 Å². The van der Waals surface area contributed by atoms with E-state index in [0.29, 0.717) is 49.1 Å². The zero-order valence-electron chi connectivity index (χ0n) is 21.1. The van der Waals surface area contributed by atoms with E-state index < -0.39 is 17.6 Å². The summed E-state index contributed by atoms with van der Waals surface area (Å²) in [5.41, 5.74) is 0.775. The normalized spacial score (nSPS) is 14.1. The molecule has 12 heteroatoms. The molecule has 0 unspecified atom stereocenters. The Labute approximate surface area is 227 Å². The lowest BCUT2D eigenvalue weighted by Crippen LogP contribution is -2.37. The third-order valence-corrected chi connectivity index (χ3v) is 6.12. The van der Waals surface area contributed by atoms with Gasteiger partial charge in [0.2, 0.25) is 0 Å². The summed E-state index contributed by atoms with van der Waals surface area (Å²) in [6, 6.07) is 12.8. The Morgan fingerprint density at radius 3 is 2.42 bits per heavy atom. The fraction of sp³-hybridized carbons (Fsp3) is 0.214. The second-order valence-electron chi connectivity index (χ2n) is 8.93. The van der Waals surface area contributed by atoms with Crippen molar-refractivity contribution in [1.82, 2.24) is 15.0 Å². The van der Waals surface area contributed by atoms with Gasteiger partial charge < -0.3 is 20.1 Å². The molecule has 2 aromatic heterocycles. The summed E-state index contributed by atoms with van der Waals surface area (Å²) >= 11 is 0. The molecule has 8 nitrogen and oxygen atoms in total. The van der Waals surface area contributed by atoms with Gasteiger partial charge in [-0.05, 0) is 47.5 Å². The maximum atomic E-state index is 14.2. The second kappa shape index (κ2) is 11.7. The van der Waals surface area contributed by atoms with Gasteiger partial charge in [-0.15, -0.1) is 0 Å². The van der Waals surface area contributed by atoms with Gasteiger partial charge in [0.25, 0.3) is 0 Å². The average molecular weight is 553 g/mol. The number of pyridine rings is 1. The van der Waals surface area contributed by atoms with E-state index in [1.165, 1.54) is 42.7 Å². The molecular weight excluding hydrogens is 528 g/mol. The van der Waals surface area contributed by atoms with Gasteiger partial charge in [0.1, 0.15) is 5.75 Å². The van der Waals surface area contributed by atoms with Crippen molar-refractivity contribution in [2.45, 2.75) is 12.7 Å². The van der Waals surface area contributed by atoms with E-state index in [9.17, 15) is 22.7 Å². The molecule has 0 bridgehead atoms. The number of hydrogen-bond donors (Lipinski definition) is 2. The number of anilines is 3. The average Bonchev–Trinajstić information content (AvgIpc) is 2.95. The number of nitrogens with zero attached hydrogens (tertiary/aromatic N) is 5. The highest BCUT2D eigenvalue weighted by Gasteiger charge is 2.34. The number of phenolic OH excluding ortho intramolecular Hbond substituents is 1. The number of morpholine rings is 1. The van der Waals surface area contributed by atoms with Crippen LogP contribution in [0.5, 0.6) is 5.75 Å². The third kappa shape index (κ3) is 6.52. The van der Waals surface area contributed by atoms with Crippen molar-refractivity contribution in [3.05, 3.63) is 89.9 Å². The number of halogens is 4. The van der Waals surface area contributed by atoms with E-state index in [2.05, 4.69) is 25.3 Å². The number of aromatic hydroxyl groups is 1. The van der Waals surface area contributed by atoms with Gasteiger partial charge in [-0.2, -0.15) is 13.2 Å². The van der Waals surface area contributed by atoms with Crippen LogP contribution in [0.25, 0.3) is 11.1 Å². The first kappa shape index (κ1) is 27.0. The summed E-state index contributed by atoms with van der Waals surface area (Å²) in [5.74, 6) is 0.0468. The lowest BCUT2D eigenvalue weighted by Gasteiger charge is -2.28. The fourth-order valence-corrected chi connectivity index (χ4v) is 4.16. The topological polar surface area (TPSA) is 95.8 Å². The van der Waals surface area contributed by atoms with Crippen LogP contribution < -0.4 is 10.2 Å². The maximum Gasteiger partial charge on any atom is 0.417 e. The van der Waals surface area contributed by atoms with Crippen molar-refractivity contribution in [3.8, 4) is 16.9 Å². The van der Waals surface area contributed by atoms with Crippen LogP contribution in [0.4, 0.5) is 34.8 Å². The molecule has 2 N–H and O–H groups in total. The molecule has 0 aliphatic carbocycles. The predicted octanol–water partition coefficient (Wildman–Crippen LogP) is 5.60. The smallest absolute Gasteiger partial charge is 0.417 e. The molecule has 4 aromatic rings. The van der Waals surface area contributed by atoms with E-state index in [1.807, 2.05) is 0 Å². The molecule has 5 rings (SSSR count). The van der Waals surface area contributed by atoms with E-state index in [-0.39, 0.29) is 29.4 Å². The predicted molar refractivity (Wildman–Crippen MR) is 142 cm³/mol. The number of alkyl halides is 3. The Hall–Kier alpha value is -4.58. The largest absolute Gasteiger partial charge is 0.508 e. The zero-order valence-corrected chi connectivity index (χ0v) is 21.1. The summed E-state index contributed by atoms with van der Waals surface area (Å²) in [6.07, 6.45) is -0.462. The van der Waals surface area contributed by atoms with Gasteiger partial charge >= 0.3 is 6.18 Å². The number of benzene rings is 2. The van der Waals surface area contributed by atoms with Gasteiger partial charge in [0, 0.05) is 25.0 Å². The molecule has 1 aliphatic heterocycles. The van der Waals surface area contributed by atoms with Crippen molar-refractivity contribution >= 4 is 23.4 Å². The fourth-order valence-electron chi connectivity index (χ4n) is 4.16. The summed E-state index contributed by atoms with van der Waals surface area (Å²) in [6.45, 7) is 2.21. The Morgan fingerprint density at radius 1 is 0.975 bits per heavy atom. The Bertz CT molecular complexity index is 1490. The van der Waals surface area contributed by atoms with Crippen molar-refractivity contribution in [1.29, 1.82) is 0 Å². The highest BCUT2D eigenvalue weighted by atomic mass is 19.4. The number of hydrogen-bond acceptors (Lipinski definition) is 8. The Morgan fingerprint density at radius 2 is 1.73 bits per heavy atom. The van der Waals surface area contributed by atoms with Crippen molar-refractivity contribution in [2.75, 3.05) is 36.5 Å². The van der Waals surface area contributed by atoms with E-state index >= 15 is 0 Å². The van der Waals surface area contributed by atoms with Crippen LogP contribution >= 0.6 is 0 Å². The minimum Gasteiger partial charge on any atom is -0.508 e. The third-order valence-electron chi connectivity index (χ3n) is 6.12. The van der Waals surface area contributed by atoms with E-state index in [4.69, 9.17) is 4.74 Å². The second-order valence-corrected chi connectivity index (χ2v) is 8.93. The van der Waals surface area contributed by atoms with Gasteiger partial charge in [0.05, 0.1) is 49.1 Å². The Balaban J connectivity index is 1.25. The number of aliphatic imine (C=N–C) groups is 1. The Kier molecular flexibility index (Phi) is 7.87. The first-order chi connectivity index (χ1) is 19.3. The zero-order chi connectivity index (χ0) is 28.1. The molecule has 0 radical (unpaired) electrons. The summed E-state index contributed by atoms with van der Waals surface area (Å²) in [5, 5.41) is 12.4. The van der Waals surface area contributed by atoms with Crippen LogP contribution in [0.1, 0.15) is 17.1 Å². The van der Waals surface area contributed by atoms with E-state index in [0.717, 1.165) is 12.3 Å². The highest BCUT2D eigenvalue weighted by molar-refractivity contribution is 5.78. The van der Waals surface area contributed by atoms with Crippen LogP contribution in [0, 0.1) is 5.82 Å². The molecule has 1 aliphatic rings. The summed E-state index contributed by atoms with van der Waals surface area (Å²) in [7, 11) is 0. The summed E-state index contributed by atoms with van der Waals surface area (Å²) < 4.78 is 61.0. The number of nitrogens with one attached hydrogen (secondary N) is 1.